The molecule has 210 valence electrons. The maximum atomic E-state index is 12.1. The Morgan fingerprint density at radius 3 is 2.14 bits per heavy atom. The van der Waals surface area contributed by atoms with Gasteiger partial charge in [0.15, 0.2) is 0 Å². The second kappa shape index (κ2) is 16.3. The van der Waals surface area contributed by atoms with Crippen molar-refractivity contribution in [2.24, 2.45) is 10.8 Å². The van der Waals surface area contributed by atoms with Crippen LogP contribution >= 0.6 is 0 Å². The average Bonchev–Trinajstić information content (AvgIpc) is 3.19. The van der Waals surface area contributed by atoms with Gasteiger partial charge < -0.3 is 14.8 Å². The van der Waals surface area contributed by atoms with Crippen LogP contribution in [-0.2, 0) is 41.8 Å². The number of hydrogen-bond donors (Lipinski definition) is 1. The van der Waals surface area contributed by atoms with Crippen LogP contribution in [0.1, 0.15) is 98.6 Å². The van der Waals surface area contributed by atoms with Crippen molar-refractivity contribution in [2.45, 2.75) is 106 Å². The van der Waals surface area contributed by atoms with E-state index < -0.39 is 5.97 Å². The van der Waals surface area contributed by atoms with Gasteiger partial charge in [0.1, 0.15) is 36.8 Å². The van der Waals surface area contributed by atoms with Crippen LogP contribution in [0.15, 0.2) is 6.20 Å². The fraction of sp³-hybridized carbons (Fsp3) is 0.778. The Kier molecular flexibility index (Phi) is 14.3. The van der Waals surface area contributed by atoms with E-state index in [-0.39, 0.29) is 61.0 Å². The van der Waals surface area contributed by atoms with Gasteiger partial charge in [0.2, 0.25) is 5.91 Å². The lowest BCUT2D eigenvalue weighted by Gasteiger charge is -2.17. The topological polar surface area (TPSA) is 129 Å². The van der Waals surface area contributed by atoms with Crippen LogP contribution in [0.25, 0.3) is 0 Å². The molecule has 1 N–H and O–H groups in total. The summed E-state index contributed by atoms with van der Waals surface area (Å²) in [6, 6.07) is 0. The minimum absolute atomic E-state index is 0.00871. The summed E-state index contributed by atoms with van der Waals surface area (Å²) in [6.45, 7) is 13.4. The molecule has 1 rings (SSSR count). The van der Waals surface area contributed by atoms with Gasteiger partial charge in [-0.1, -0.05) is 46.8 Å². The number of Topliss-reactive ketones (excluding diaryl/α,β-unsaturated/α-hetero) is 2. The average molecular weight is 523 g/mol. The van der Waals surface area contributed by atoms with Crippen molar-refractivity contribution in [2.75, 3.05) is 19.8 Å². The molecule has 0 unspecified atom stereocenters. The number of hydrogen-bond acceptors (Lipinski definition) is 8. The summed E-state index contributed by atoms with van der Waals surface area (Å²) in [5.41, 5.74) is 0.960. The number of aromatic nitrogens is 3. The Balaban J connectivity index is 2.14. The first kappa shape index (κ1) is 32.4. The first-order valence-corrected chi connectivity index (χ1v) is 13.2. The third-order valence-electron chi connectivity index (χ3n) is 5.46. The Morgan fingerprint density at radius 2 is 1.51 bits per heavy atom. The lowest BCUT2D eigenvalue weighted by Crippen LogP contribution is -2.31. The van der Waals surface area contributed by atoms with Gasteiger partial charge in [-0.25, -0.2) is 4.68 Å². The van der Waals surface area contributed by atoms with E-state index in [1.54, 1.807) is 6.20 Å². The number of rotatable bonds is 18. The summed E-state index contributed by atoms with van der Waals surface area (Å²) >= 11 is 0. The molecular formula is C27H46N4O6. The van der Waals surface area contributed by atoms with Gasteiger partial charge >= 0.3 is 5.97 Å². The smallest absolute Gasteiger partial charge is 0.313 e. The van der Waals surface area contributed by atoms with Gasteiger partial charge in [-0.15, -0.1) is 5.10 Å². The molecule has 0 spiro atoms. The van der Waals surface area contributed by atoms with Crippen LogP contribution in [0.3, 0.4) is 0 Å². The second-order valence-corrected chi connectivity index (χ2v) is 11.9. The van der Waals surface area contributed by atoms with Crippen molar-refractivity contribution < 1.29 is 28.7 Å². The number of carbonyl (C=O) groups excluding carboxylic acids is 4. The van der Waals surface area contributed by atoms with E-state index in [9.17, 15) is 19.2 Å². The fourth-order valence-corrected chi connectivity index (χ4v) is 3.46. The normalized spacial score (nSPS) is 11.8. The zero-order valence-electron chi connectivity index (χ0n) is 23.6. The number of amides is 1. The van der Waals surface area contributed by atoms with Crippen molar-refractivity contribution in [3.05, 3.63) is 11.9 Å². The molecule has 0 aliphatic heterocycles. The maximum Gasteiger partial charge on any atom is 0.313 e. The quantitative estimate of drug-likeness (QED) is 0.175. The lowest BCUT2D eigenvalue weighted by atomic mass is 9.89. The van der Waals surface area contributed by atoms with E-state index in [2.05, 4.69) is 57.2 Å². The third kappa shape index (κ3) is 18.3. The highest BCUT2D eigenvalue weighted by molar-refractivity contribution is 5.95. The Hall–Kier alpha value is -2.62. The van der Waals surface area contributed by atoms with Crippen molar-refractivity contribution in [3.63, 3.8) is 0 Å². The van der Waals surface area contributed by atoms with Crippen molar-refractivity contribution in [3.8, 4) is 0 Å². The highest BCUT2D eigenvalue weighted by Gasteiger charge is 2.15. The van der Waals surface area contributed by atoms with E-state index in [4.69, 9.17) is 9.47 Å². The molecule has 10 nitrogen and oxygen atoms in total. The number of esters is 1. The molecule has 0 fully saturated rings. The van der Waals surface area contributed by atoms with Crippen molar-refractivity contribution in [1.82, 2.24) is 20.3 Å². The summed E-state index contributed by atoms with van der Waals surface area (Å²) < 4.78 is 11.9. The van der Waals surface area contributed by atoms with Crippen molar-refractivity contribution in [1.29, 1.82) is 0 Å². The molecule has 10 heteroatoms. The first-order chi connectivity index (χ1) is 17.2. The molecular weight excluding hydrogens is 476 g/mol. The zero-order valence-corrected chi connectivity index (χ0v) is 23.6. The number of nitrogens with zero attached hydrogens (tertiary/aromatic N) is 3. The Morgan fingerprint density at radius 1 is 0.892 bits per heavy atom. The molecule has 1 heterocycles. The van der Waals surface area contributed by atoms with Gasteiger partial charge in [0, 0.05) is 19.3 Å². The summed E-state index contributed by atoms with van der Waals surface area (Å²) in [5.74, 6) is -0.833. The van der Waals surface area contributed by atoms with E-state index in [1.807, 2.05) is 0 Å². The van der Waals surface area contributed by atoms with Crippen LogP contribution in [0.2, 0.25) is 0 Å². The summed E-state index contributed by atoms with van der Waals surface area (Å²) in [6.07, 6.45) is 6.24. The molecule has 0 atom stereocenters. The van der Waals surface area contributed by atoms with Gasteiger partial charge in [-0.05, 0) is 36.5 Å². The molecule has 0 radical (unpaired) electrons. The molecule has 1 aromatic rings. The summed E-state index contributed by atoms with van der Waals surface area (Å²) in [7, 11) is 0. The molecule has 0 saturated heterocycles. The highest BCUT2D eigenvalue weighted by atomic mass is 16.5. The van der Waals surface area contributed by atoms with Gasteiger partial charge in [-0.3, -0.25) is 19.2 Å². The molecule has 0 aliphatic carbocycles. The standard InChI is InChI=1S/C27H46N4O6/c1-26(2,3)12-7-9-22(32)11-15-36-20-21-18-31(30-29-21)19-24(34)28-14-16-37-25(35)17-23(33)10-8-13-27(4,5)6/h18H,7-17,19-20H2,1-6H3,(H,28,34). The molecule has 1 aromatic heterocycles. The minimum atomic E-state index is -0.581. The van der Waals surface area contributed by atoms with E-state index >= 15 is 0 Å². The predicted octanol–water partition coefficient (Wildman–Crippen LogP) is 3.81. The van der Waals surface area contributed by atoms with E-state index in [0.717, 1.165) is 25.7 Å². The van der Waals surface area contributed by atoms with Crippen LogP contribution in [0, 0.1) is 10.8 Å². The number of ether oxygens (including phenoxy) is 2. The van der Waals surface area contributed by atoms with Gasteiger partial charge in [0.05, 0.1) is 26.0 Å². The molecule has 37 heavy (non-hydrogen) atoms. The minimum Gasteiger partial charge on any atom is -0.463 e. The Labute approximate surface area is 221 Å². The fourth-order valence-electron chi connectivity index (χ4n) is 3.46. The highest BCUT2D eigenvalue weighted by Crippen LogP contribution is 2.22. The first-order valence-electron chi connectivity index (χ1n) is 13.2. The van der Waals surface area contributed by atoms with Gasteiger partial charge in [-0.2, -0.15) is 0 Å². The third-order valence-corrected chi connectivity index (χ3v) is 5.46. The van der Waals surface area contributed by atoms with Crippen LogP contribution in [0.5, 0.6) is 0 Å². The number of carbonyl (C=O) groups is 4. The largest absolute Gasteiger partial charge is 0.463 e. The summed E-state index contributed by atoms with van der Waals surface area (Å²) in [5, 5.41) is 10.5. The molecule has 0 bridgehead atoms. The van der Waals surface area contributed by atoms with Crippen LogP contribution in [0.4, 0.5) is 0 Å². The zero-order chi connectivity index (χ0) is 27.9. The van der Waals surface area contributed by atoms with E-state index in [1.165, 1.54) is 4.68 Å². The predicted molar refractivity (Wildman–Crippen MR) is 140 cm³/mol. The number of ketones is 2. The van der Waals surface area contributed by atoms with Gasteiger partial charge in [0.25, 0.3) is 0 Å². The van der Waals surface area contributed by atoms with Crippen LogP contribution in [-0.4, -0.2) is 58.2 Å². The maximum absolute atomic E-state index is 12.1. The molecule has 0 saturated carbocycles. The SMILES string of the molecule is CC(C)(C)CCCC(=O)CCOCc1cn(CC(=O)NCCOC(=O)CC(=O)CCCC(C)(C)C)nn1. The van der Waals surface area contributed by atoms with Crippen molar-refractivity contribution >= 4 is 23.4 Å². The second-order valence-electron chi connectivity index (χ2n) is 11.9. The van der Waals surface area contributed by atoms with Crippen LogP contribution < -0.4 is 5.32 Å². The number of nitrogens with one attached hydrogen (secondary N) is 1. The lowest BCUT2D eigenvalue weighted by molar-refractivity contribution is -0.146. The molecule has 0 aromatic carbocycles. The summed E-state index contributed by atoms with van der Waals surface area (Å²) in [4.78, 5) is 47.6. The molecule has 1 amide bonds. The Bertz CT molecular complexity index is 867. The molecule has 0 aliphatic rings. The monoisotopic (exact) mass is 522 g/mol. The van der Waals surface area contributed by atoms with E-state index in [0.29, 0.717) is 31.6 Å².